The zero-order valence-electron chi connectivity index (χ0n) is 23.2. The van der Waals surface area contributed by atoms with Gasteiger partial charge in [-0.2, -0.15) is 10.4 Å². The number of aromatic nitrogens is 4. The zero-order valence-corrected chi connectivity index (χ0v) is 23.2. The number of nitrogens with zero attached hydrogens (tertiary/aromatic N) is 8. The van der Waals surface area contributed by atoms with Gasteiger partial charge in [0.15, 0.2) is 0 Å². The van der Waals surface area contributed by atoms with Crippen molar-refractivity contribution in [1.29, 1.82) is 5.26 Å². The molecule has 0 aromatic carbocycles. The number of nitriles is 1. The first-order valence-corrected chi connectivity index (χ1v) is 14.1. The van der Waals surface area contributed by atoms with Crippen LogP contribution in [0.3, 0.4) is 0 Å². The molecule has 0 radical (unpaired) electrons. The fourth-order valence-electron chi connectivity index (χ4n) is 6.43. The van der Waals surface area contributed by atoms with E-state index in [1.165, 1.54) is 12.0 Å². The van der Waals surface area contributed by atoms with Crippen molar-refractivity contribution in [2.45, 2.75) is 38.9 Å². The third-order valence-corrected chi connectivity index (χ3v) is 9.03. The molecule has 4 aliphatic rings. The molecule has 4 fully saturated rings. The lowest BCUT2D eigenvalue weighted by Gasteiger charge is -2.56. The maximum absolute atomic E-state index is 9.76. The molecule has 0 amide bonds. The molecule has 8 rings (SSSR count). The number of piperazine rings is 1. The Morgan fingerprint density at radius 1 is 1.00 bits per heavy atom. The SMILES string of the molecule is COc1ccc(CN2C3CC2CN(c2ccc(-c4cc(N5CC(C(C)C)C5)cn5ncc(C#N)c45)cn2)C3)cn1. The summed E-state index contributed by atoms with van der Waals surface area (Å²) in [5, 5.41) is 14.3. The van der Waals surface area contributed by atoms with E-state index in [4.69, 9.17) is 9.72 Å². The summed E-state index contributed by atoms with van der Waals surface area (Å²) in [6.45, 7) is 9.54. The van der Waals surface area contributed by atoms with Gasteiger partial charge in [0, 0.05) is 74.4 Å². The second-order valence-electron chi connectivity index (χ2n) is 11.7. The molecule has 0 spiro atoms. The van der Waals surface area contributed by atoms with Gasteiger partial charge in [-0.15, -0.1) is 0 Å². The van der Waals surface area contributed by atoms with E-state index in [0.29, 0.717) is 35.4 Å². The minimum Gasteiger partial charge on any atom is -0.481 e. The Labute approximate surface area is 234 Å². The number of hydrogen-bond acceptors (Lipinski definition) is 8. The van der Waals surface area contributed by atoms with Gasteiger partial charge in [0.1, 0.15) is 11.9 Å². The number of hydrogen-bond donors (Lipinski definition) is 0. The minimum absolute atomic E-state index is 0.523. The van der Waals surface area contributed by atoms with Gasteiger partial charge in [-0.1, -0.05) is 19.9 Å². The number of anilines is 2. The molecule has 4 aliphatic heterocycles. The molecule has 4 aromatic rings. The molecule has 2 unspecified atom stereocenters. The van der Waals surface area contributed by atoms with Crippen molar-refractivity contribution in [1.82, 2.24) is 24.5 Å². The van der Waals surface area contributed by atoms with Crippen molar-refractivity contribution < 1.29 is 4.74 Å². The first-order valence-electron chi connectivity index (χ1n) is 14.1. The molecule has 40 heavy (non-hydrogen) atoms. The minimum atomic E-state index is 0.523. The van der Waals surface area contributed by atoms with Crippen LogP contribution >= 0.6 is 0 Å². The molecule has 9 nitrogen and oxygen atoms in total. The van der Waals surface area contributed by atoms with E-state index < -0.39 is 0 Å². The summed E-state index contributed by atoms with van der Waals surface area (Å²) in [5.41, 5.74) is 5.78. The molecular formula is C31H34N8O. The molecule has 4 aromatic heterocycles. The Balaban J connectivity index is 1.09. The first-order chi connectivity index (χ1) is 19.5. The van der Waals surface area contributed by atoms with Gasteiger partial charge in [0.05, 0.1) is 36.3 Å². The van der Waals surface area contributed by atoms with Crippen LogP contribution in [0.15, 0.2) is 55.1 Å². The summed E-state index contributed by atoms with van der Waals surface area (Å²) in [4.78, 5) is 16.7. The van der Waals surface area contributed by atoms with Crippen molar-refractivity contribution in [3.63, 3.8) is 0 Å². The van der Waals surface area contributed by atoms with E-state index >= 15 is 0 Å². The van der Waals surface area contributed by atoms with Gasteiger partial charge in [-0.25, -0.2) is 14.5 Å². The molecular weight excluding hydrogens is 500 g/mol. The largest absolute Gasteiger partial charge is 0.481 e. The molecule has 9 heteroatoms. The Morgan fingerprint density at radius 2 is 1.82 bits per heavy atom. The number of fused-ring (bicyclic) bond motifs is 3. The second kappa shape index (κ2) is 9.79. The lowest BCUT2D eigenvalue weighted by atomic mass is 9.87. The predicted molar refractivity (Wildman–Crippen MR) is 154 cm³/mol. The Kier molecular flexibility index (Phi) is 6.08. The van der Waals surface area contributed by atoms with Crippen LogP contribution in [0.5, 0.6) is 5.88 Å². The van der Waals surface area contributed by atoms with Gasteiger partial charge in [0.2, 0.25) is 5.88 Å². The summed E-state index contributed by atoms with van der Waals surface area (Å²) in [6.07, 6.45) is 8.81. The highest BCUT2D eigenvalue weighted by atomic mass is 16.5. The fraction of sp³-hybridized carbons (Fsp3) is 0.419. The molecule has 2 bridgehead atoms. The zero-order chi connectivity index (χ0) is 27.4. The maximum atomic E-state index is 9.76. The first kappa shape index (κ1) is 24.9. The maximum Gasteiger partial charge on any atom is 0.212 e. The Morgan fingerprint density at radius 3 is 2.48 bits per heavy atom. The second-order valence-corrected chi connectivity index (χ2v) is 11.7. The summed E-state index contributed by atoms with van der Waals surface area (Å²) < 4.78 is 7.05. The monoisotopic (exact) mass is 534 g/mol. The average Bonchev–Trinajstić information content (AvgIpc) is 3.38. The van der Waals surface area contributed by atoms with Crippen molar-refractivity contribution in [2.24, 2.45) is 11.8 Å². The van der Waals surface area contributed by atoms with Crippen LogP contribution < -0.4 is 14.5 Å². The average molecular weight is 535 g/mol. The van der Waals surface area contributed by atoms with Crippen molar-refractivity contribution >= 4 is 17.0 Å². The molecule has 4 saturated heterocycles. The van der Waals surface area contributed by atoms with Crippen LogP contribution in [0.2, 0.25) is 0 Å². The van der Waals surface area contributed by atoms with E-state index in [0.717, 1.165) is 60.9 Å². The van der Waals surface area contributed by atoms with E-state index in [1.807, 2.05) is 29.2 Å². The molecule has 0 N–H and O–H groups in total. The van der Waals surface area contributed by atoms with Crippen LogP contribution in [-0.4, -0.2) is 69.9 Å². The summed E-state index contributed by atoms with van der Waals surface area (Å²) in [7, 11) is 1.64. The number of piperidine rings is 1. The predicted octanol–water partition coefficient (Wildman–Crippen LogP) is 4.23. The van der Waals surface area contributed by atoms with E-state index in [2.05, 4.69) is 69.0 Å². The molecule has 0 aliphatic carbocycles. The normalized spacial score (nSPS) is 20.9. The van der Waals surface area contributed by atoms with E-state index in [-0.39, 0.29) is 0 Å². The van der Waals surface area contributed by atoms with Crippen molar-refractivity contribution in [3.8, 4) is 23.1 Å². The van der Waals surface area contributed by atoms with E-state index in [1.54, 1.807) is 13.3 Å². The van der Waals surface area contributed by atoms with Gasteiger partial charge < -0.3 is 14.5 Å². The van der Waals surface area contributed by atoms with Crippen molar-refractivity contribution in [2.75, 3.05) is 43.1 Å². The third-order valence-electron chi connectivity index (χ3n) is 9.03. The molecule has 2 atom stereocenters. The highest BCUT2D eigenvalue weighted by Gasteiger charge is 2.44. The van der Waals surface area contributed by atoms with Gasteiger partial charge in [0.25, 0.3) is 0 Å². The number of ether oxygens (including phenoxy) is 1. The van der Waals surface area contributed by atoms with Gasteiger partial charge in [-0.05, 0) is 42.0 Å². The van der Waals surface area contributed by atoms with Crippen LogP contribution in [-0.2, 0) is 6.54 Å². The van der Waals surface area contributed by atoms with Crippen molar-refractivity contribution in [3.05, 3.63) is 66.2 Å². The topological polar surface area (TPSA) is 85.8 Å². The third kappa shape index (κ3) is 4.23. The number of rotatable bonds is 7. The summed E-state index contributed by atoms with van der Waals surface area (Å²) in [5.74, 6) is 3.05. The summed E-state index contributed by atoms with van der Waals surface area (Å²) >= 11 is 0. The summed E-state index contributed by atoms with van der Waals surface area (Å²) in [6, 6.07) is 13.9. The number of pyridine rings is 3. The highest BCUT2D eigenvalue weighted by molar-refractivity contribution is 5.86. The quantitative estimate of drug-likeness (QED) is 0.348. The molecule has 0 saturated carbocycles. The highest BCUT2D eigenvalue weighted by Crippen LogP contribution is 2.37. The fourth-order valence-corrected chi connectivity index (χ4v) is 6.43. The molecule has 204 valence electrons. The van der Waals surface area contributed by atoms with Crippen LogP contribution in [0, 0.1) is 23.2 Å². The lowest BCUT2D eigenvalue weighted by molar-refractivity contribution is -0.00876. The Hall–Kier alpha value is -4.16. The van der Waals surface area contributed by atoms with Gasteiger partial charge in [-0.3, -0.25) is 4.90 Å². The smallest absolute Gasteiger partial charge is 0.212 e. The van der Waals surface area contributed by atoms with Gasteiger partial charge >= 0.3 is 0 Å². The Bertz CT molecular complexity index is 1550. The lowest BCUT2D eigenvalue weighted by Crippen LogP contribution is -2.68. The van der Waals surface area contributed by atoms with Crippen LogP contribution in [0.4, 0.5) is 11.5 Å². The van der Waals surface area contributed by atoms with E-state index in [9.17, 15) is 5.26 Å². The van der Waals surface area contributed by atoms with Crippen LogP contribution in [0.1, 0.15) is 31.4 Å². The standard InChI is InChI=1S/C31H34N8O/c1-20(2)24-15-36(16-24)25-9-28(31-23(10-32)13-35-39(31)19-25)22-5-6-29(33-12-22)37-17-26-8-27(18-37)38(26)14-21-4-7-30(40-3)34-11-21/h4-7,9,11-13,19-20,24,26-27H,8,14-18H2,1-3H3. The molecule has 8 heterocycles. The number of methoxy groups -OCH3 is 1. The van der Waals surface area contributed by atoms with Crippen LogP contribution in [0.25, 0.3) is 16.6 Å².